The Morgan fingerprint density at radius 2 is 2.00 bits per heavy atom. The summed E-state index contributed by atoms with van der Waals surface area (Å²) in [4.78, 5) is 26.9. The van der Waals surface area contributed by atoms with E-state index in [1.807, 2.05) is 24.3 Å². The summed E-state index contributed by atoms with van der Waals surface area (Å²) in [6.45, 7) is 0.507. The van der Waals surface area contributed by atoms with Crippen molar-refractivity contribution in [3.8, 4) is 0 Å². The van der Waals surface area contributed by atoms with E-state index in [2.05, 4.69) is 15.5 Å². The average molecular weight is 430 g/mol. The molecule has 162 valence electrons. The highest BCUT2D eigenvalue weighted by Crippen LogP contribution is 2.30. The number of nitrogens with zero attached hydrogens (tertiary/aromatic N) is 2. The van der Waals surface area contributed by atoms with E-state index < -0.39 is 17.8 Å². The molecule has 6 nitrogen and oxygen atoms in total. The minimum absolute atomic E-state index is 0.0535. The van der Waals surface area contributed by atoms with Crippen molar-refractivity contribution >= 4 is 22.7 Å². The molecule has 1 unspecified atom stereocenters. The van der Waals surface area contributed by atoms with Gasteiger partial charge in [-0.1, -0.05) is 30.3 Å². The van der Waals surface area contributed by atoms with Crippen molar-refractivity contribution in [2.45, 2.75) is 38.0 Å². The number of alkyl halides is 3. The van der Waals surface area contributed by atoms with Gasteiger partial charge in [-0.3, -0.25) is 14.7 Å². The molecule has 0 radical (unpaired) electrons. The first-order valence-corrected chi connectivity index (χ1v) is 9.97. The Kier molecular flexibility index (Phi) is 5.67. The maximum atomic E-state index is 12.9. The van der Waals surface area contributed by atoms with Gasteiger partial charge in [-0.05, 0) is 36.6 Å². The number of piperidine rings is 1. The van der Waals surface area contributed by atoms with E-state index in [1.165, 1.54) is 11.0 Å². The van der Waals surface area contributed by atoms with Gasteiger partial charge in [0, 0.05) is 18.5 Å². The minimum atomic E-state index is -4.44. The maximum absolute atomic E-state index is 12.9. The summed E-state index contributed by atoms with van der Waals surface area (Å²) in [6.07, 6.45) is -3.23. The number of likely N-dealkylation sites (tertiary alicyclic amines) is 1. The van der Waals surface area contributed by atoms with Crippen LogP contribution in [0.1, 0.15) is 29.7 Å². The molecule has 9 heteroatoms. The van der Waals surface area contributed by atoms with Crippen LogP contribution in [-0.4, -0.2) is 39.5 Å². The monoisotopic (exact) mass is 430 g/mol. The second-order valence-electron chi connectivity index (χ2n) is 7.62. The molecule has 3 aromatic rings. The third kappa shape index (κ3) is 4.70. The molecule has 1 aliphatic heterocycles. The Bertz CT molecular complexity index is 1110. The van der Waals surface area contributed by atoms with Crippen LogP contribution in [0.25, 0.3) is 10.9 Å². The standard InChI is InChI=1S/C22H21F3N4O2/c23-22(24,25)15-6-3-5-14(11-15)13-29-10-4-9-18(21(29)31)26-20(30)12-19-16-7-1-2-8-17(16)27-28-19/h1-3,5-8,11,18H,4,9-10,12-13H2,(H,26,30)(H,27,28). The van der Waals surface area contributed by atoms with Gasteiger partial charge < -0.3 is 10.2 Å². The molecule has 1 fully saturated rings. The Morgan fingerprint density at radius 3 is 2.81 bits per heavy atom. The van der Waals surface area contributed by atoms with E-state index in [9.17, 15) is 22.8 Å². The molecule has 1 atom stereocenters. The van der Waals surface area contributed by atoms with Crippen LogP contribution in [0.4, 0.5) is 13.2 Å². The smallest absolute Gasteiger partial charge is 0.344 e. The normalized spacial score (nSPS) is 17.2. The highest BCUT2D eigenvalue weighted by Gasteiger charge is 2.32. The molecular weight excluding hydrogens is 409 g/mol. The van der Waals surface area contributed by atoms with Gasteiger partial charge in [-0.15, -0.1) is 0 Å². The zero-order valence-corrected chi connectivity index (χ0v) is 16.6. The second kappa shape index (κ2) is 8.41. The highest BCUT2D eigenvalue weighted by atomic mass is 19.4. The lowest BCUT2D eigenvalue weighted by molar-refractivity contribution is -0.139. The molecular formula is C22H21F3N4O2. The molecule has 2 amide bonds. The number of aromatic nitrogens is 2. The quantitative estimate of drug-likeness (QED) is 0.651. The molecule has 1 aromatic heterocycles. The lowest BCUT2D eigenvalue weighted by Crippen LogP contribution is -2.52. The Hall–Kier alpha value is -3.36. The molecule has 2 N–H and O–H groups in total. The van der Waals surface area contributed by atoms with Gasteiger partial charge in [0.05, 0.1) is 23.2 Å². The fourth-order valence-electron chi connectivity index (χ4n) is 3.85. The van der Waals surface area contributed by atoms with Crippen molar-refractivity contribution in [2.24, 2.45) is 0 Å². The van der Waals surface area contributed by atoms with E-state index in [4.69, 9.17) is 0 Å². The van der Waals surface area contributed by atoms with Crippen LogP contribution in [0.2, 0.25) is 0 Å². The number of halogens is 3. The van der Waals surface area contributed by atoms with Gasteiger partial charge >= 0.3 is 6.18 Å². The van der Waals surface area contributed by atoms with E-state index in [1.54, 1.807) is 6.07 Å². The SMILES string of the molecule is O=C(Cc1[nH]nc2ccccc12)NC1CCCN(Cc2cccc(C(F)(F)F)c2)C1=O. The maximum Gasteiger partial charge on any atom is 0.416 e. The van der Waals surface area contributed by atoms with Crippen molar-refractivity contribution in [1.82, 2.24) is 20.4 Å². The summed E-state index contributed by atoms with van der Waals surface area (Å²) >= 11 is 0. The number of carbonyl (C=O) groups is 2. The van der Waals surface area contributed by atoms with E-state index in [-0.39, 0.29) is 24.8 Å². The predicted molar refractivity (Wildman–Crippen MR) is 108 cm³/mol. The van der Waals surface area contributed by atoms with Gasteiger partial charge in [-0.25, -0.2) is 0 Å². The van der Waals surface area contributed by atoms with Gasteiger partial charge in [0.25, 0.3) is 0 Å². The molecule has 1 aliphatic rings. The predicted octanol–water partition coefficient (Wildman–Crippen LogP) is 3.43. The Balaban J connectivity index is 1.40. The zero-order valence-electron chi connectivity index (χ0n) is 16.6. The molecule has 0 saturated carbocycles. The number of hydrogen-bond acceptors (Lipinski definition) is 3. The number of amides is 2. The molecule has 0 aliphatic carbocycles. The van der Waals surface area contributed by atoms with Gasteiger partial charge in [0.1, 0.15) is 6.04 Å². The van der Waals surface area contributed by atoms with Crippen molar-refractivity contribution < 1.29 is 22.8 Å². The van der Waals surface area contributed by atoms with Crippen molar-refractivity contribution in [1.29, 1.82) is 0 Å². The first-order valence-electron chi connectivity index (χ1n) is 9.97. The summed E-state index contributed by atoms with van der Waals surface area (Å²) in [6, 6.07) is 11.7. The summed E-state index contributed by atoms with van der Waals surface area (Å²) in [5, 5.41) is 10.6. The fraction of sp³-hybridized carbons (Fsp3) is 0.318. The number of fused-ring (bicyclic) bond motifs is 1. The van der Waals surface area contributed by atoms with Crippen LogP contribution in [0.15, 0.2) is 48.5 Å². The number of H-pyrrole nitrogens is 1. The third-order valence-corrected chi connectivity index (χ3v) is 5.37. The van der Waals surface area contributed by atoms with Crippen LogP contribution >= 0.6 is 0 Å². The summed E-state index contributed by atoms with van der Waals surface area (Å²) in [5.74, 6) is -0.597. The Morgan fingerprint density at radius 1 is 1.19 bits per heavy atom. The molecule has 2 heterocycles. The number of hydrogen-bond donors (Lipinski definition) is 2. The van der Waals surface area contributed by atoms with Crippen LogP contribution < -0.4 is 5.32 Å². The molecule has 31 heavy (non-hydrogen) atoms. The van der Waals surface area contributed by atoms with Gasteiger partial charge in [0.15, 0.2) is 0 Å². The molecule has 4 rings (SSSR count). The number of carbonyl (C=O) groups excluding carboxylic acids is 2. The lowest BCUT2D eigenvalue weighted by Gasteiger charge is -2.32. The molecule has 2 aromatic carbocycles. The summed E-state index contributed by atoms with van der Waals surface area (Å²) < 4.78 is 38.8. The number of para-hydroxylation sites is 1. The molecule has 0 spiro atoms. The lowest BCUT2D eigenvalue weighted by atomic mass is 10.0. The largest absolute Gasteiger partial charge is 0.416 e. The fourth-order valence-corrected chi connectivity index (χ4v) is 3.85. The zero-order chi connectivity index (χ0) is 22.0. The molecule has 1 saturated heterocycles. The van der Waals surface area contributed by atoms with Crippen molar-refractivity contribution in [3.63, 3.8) is 0 Å². The van der Waals surface area contributed by atoms with Crippen LogP contribution in [0, 0.1) is 0 Å². The average Bonchev–Trinajstić information content (AvgIpc) is 3.13. The highest BCUT2D eigenvalue weighted by molar-refractivity contribution is 5.91. The number of nitrogens with one attached hydrogen (secondary N) is 2. The summed E-state index contributed by atoms with van der Waals surface area (Å²) in [5.41, 5.74) is 1.08. The van der Waals surface area contributed by atoms with E-state index in [0.717, 1.165) is 23.0 Å². The molecule has 0 bridgehead atoms. The topological polar surface area (TPSA) is 78.1 Å². The van der Waals surface area contributed by atoms with Crippen LogP contribution in [-0.2, 0) is 28.7 Å². The summed E-state index contributed by atoms with van der Waals surface area (Å²) in [7, 11) is 0. The van der Waals surface area contributed by atoms with E-state index in [0.29, 0.717) is 30.6 Å². The van der Waals surface area contributed by atoms with E-state index >= 15 is 0 Å². The number of benzene rings is 2. The minimum Gasteiger partial charge on any atom is -0.344 e. The van der Waals surface area contributed by atoms with Crippen molar-refractivity contribution in [3.05, 3.63) is 65.4 Å². The third-order valence-electron chi connectivity index (χ3n) is 5.37. The Labute approximate surface area is 176 Å². The van der Waals surface area contributed by atoms with Crippen LogP contribution in [0.3, 0.4) is 0 Å². The first-order chi connectivity index (χ1) is 14.8. The van der Waals surface area contributed by atoms with Crippen molar-refractivity contribution in [2.75, 3.05) is 6.54 Å². The second-order valence-corrected chi connectivity index (χ2v) is 7.62. The number of aromatic amines is 1. The van der Waals surface area contributed by atoms with Gasteiger partial charge in [-0.2, -0.15) is 18.3 Å². The number of rotatable bonds is 5. The first kappa shape index (κ1) is 20.9. The van der Waals surface area contributed by atoms with Crippen LogP contribution in [0.5, 0.6) is 0 Å². The van der Waals surface area contributed by atoms with Gasteiger partial charge in [0.2, 0.25) is 11.8 Å².